The van der Waals surface area contributed by atoms with Gasteiger partial charge >= 0.3 is 6.03 Å². The van der Waals surface area contributed by atoms with Crippen molar-refractivity contribution in [1.82, 2.24) is 16.0 Å². The molecular weight excluding hydrogens is 274 g/mol. The van der Waals surface area contributed by atoms with Crippen molar-refractivity contribution in [1.29, 1.82) is 0 Å². The van der Waals surface area contributed by atoms with Gasteiger partial charge in [-0.15, -0.1) is 0 Å². The highest BCUT2D eigenvalue weighted by Crippen LogP contribution is 2.21. The van der Waals surface area contributed by atoms with E-state index in [0.29, 0.717) is 13.1 Å². The second-order valence-corrected chi connectivity index (χ2v) is 5.50. The normalized spacial score (nSPS) is 16.6. The third-order valence-electron chi connectivity index (χ3n) is 3.98. The smallest absolute Gasteiger partial charge is 0.315 e. The van der Waals surface area contributed by atoms with Gasteiger partial charge in [0.1, 0.15) is 0 Å². The molecule has 2 amide bonds. The van der Waals surface area contributed by atoms with Crippen LogP contribution in [0, 0.1) is 0 Å². The van der Waals surface area contributed by atoms with Gasteiger partial charge in [0.05, 0.1) is 0 Å². The predicted octanol–water partition coefficient (Wildman–Crippen LogP) is 2.37. The van der Waals surface area contributed by atoms with E-state index in [0.717, 1.165) is 18.5 Å². The van der Waals surface area contributed by atoms with Crippen molar-refractivity contribution in [3.8, 4) is 0 Å². The number of carbonyl (C=O) groups is 1. The summed E-state index contributed by atoms with van der Waals surface area (Å²) in [5, 5.41) is 9.30. The second-order valence-electron chi connectivity index (χ2n) is 5.50. The predicted molar refractivity (Wildman–Crippen MR) is 87.6 cm³/mol. The van der Waals surface area contributed by atoms with Gasteiger partial charge in [-0.25, -0.2) is 4.79 Å². The Morgan fingerprint density at radius 1 is 1.05 bits per heavy atom. The lowest BCUT2D eigenvalue weighted by Gasteiger charge is -2.27. The molecule has 1 unspecified atom stereocenters. The Kier molecular flexibility index (Phi) is 4.71. The summed E-state index contributed by atoms with van der Waals surface area (Å²) >= 11 is 0. The van der Waals surface area contributed by atoms with E-state index in [-0.39, 0.29) is 12.1 Å². The molecule has 2 aromatic carbocycles. The number of benzene rings is 2. The van der Waals surface area contributed by atoms with Crippen molar-refractivity contribution >= 4 is 6.03 Å². The van der Waals surface area contributed by atoms with Crippen molar-refractivity contribution in [3.05, 3.63) is 71.3 Å². The van der Waals surface area contributed by atoms with E-state index in [1.807, 2.05) is 36.4 Å². The lowest BCUT2D eigenvalue weighted by atomic mass is 9.94. The van der Waals surface area contributed by atoms with Crippen LogP contribution >= 0.6 is 0 Å². The Morgan fingerprint density at radius 3 is 2.68 bits per heavy atom. The van der Waals surface area contributed by atoms with Crippen LogP contribution < -0.4 is 16.0 Å². The molecule has 3 N–H and O–H groups in total. The molecule has 0 saturated carbocycles. The average molecular weight is 295 g/mol. The first-order valence-electron chi connectivity index (χ1n) is 7.70. The first-order chi connectivity index (χ1) is 10.8. The van der Waals surface area contributed by atoms with E-state index < -0.39 is 0 Å². The van der Waals surface area contributed by atoms with E-state index in [9.17, 15) is 4.79 Å². The monoisotopic (exact) mass is 295 g/mol. The number of nitrogens with one attached hydrogen (secondary N) is 3. The van der Waals surface area contributed by atoms with Crippen molar-refractivity contribution in [2.45, 2.75) is 19.0 Å². The largest absolute Gasteiger partial charge is 0.336 e. The molecule has 114 valence electrons. The Hall–Kier alpha value is -2.33. The van der Waals surface area contributed by atoms with Gasteiger partial charge in [0.2, 0.25) is 0 Å². The molecule has 0 bridgehead atoms. The molecule has 0 aliphatic carbocycles. The number of urea groups is 1. The first kappa shape index (κ1) is 14.6. The number of carbonyl (C=O) groups excluding carboxylic acids is 1. The lowest BCUT2D eigenvalue weighted by Crippen LogP contribution is -2.42. The quantitative estimate of drug-likeness (QED) is 0.811. The molecule has 22 heavy (non-hydrogen) atoms. The first-order valence-corrected chi connectivity index (χ1v) is 7.70. The van der Waals surface area contributed by atoms with Crippen molar-refractivity contribution < 1.29 is 4.79 Å². The lowest BCUT2D eigenvalue weighted by molar-refractivity contribution is 0.239. The minimum atomic E-state index is -0.131. The van der Waals surface area contributed by atoms with Crippen LogP contribution in [0.4, 0.5) is 4.79 Å². The minimum absolute atomic E-state index is 0.131. The SMILES string of the molecule is O=C(NCc1ccccc1)NCC1NCCc2ccccc21. The molecule has 0 radical (unpaired) electrons. The fourth-order valence-corrected chi connectivity index (χ4v) is 2.81. The zero-order chi connectivity index (χ0) is 15.2. The fraction of sp³-hybridized carbons (Fsp3) is 0.278. The van der Waals surface area contributed by atoms with E-state index in [1.54, 1.807) is 0 Å². The van der Waals surface area contributed by atoms with E-state index >= 15 is 0 Å². The highest BCUT2D eigenvalue weighted by Gasteiger charge is 2.19. The van der Waals surface area contributed by atoms with Crippen molar-refractivity contribution in [2.24, 2.45) is 0 Å². The van der Waals surface area contributed by atoms with E-state index in [2.05, 4.69) is 34.1 Å². The molecule has 3 rings (SSSR count). The third kappa shape index (κ3) is 3.65. The highest BCUT2D eigenvalue weighted by atomic mass is 16.2. The zero-order valence-corrected chi connectivity index (χ0v) is 12.5. The van der Waals surface area contributed by atoms with Gasteiger partial charge in [-0.2, -0.15) is 0 Å². The fourth-order valence-electron chi connectivity index (χ4n) is 2.81. The molecule has 0 aromatic heterocycles. The highest BCUT2D eigenvalue weighted by molar-refractivity contribution is 5.73. The van der Waals surface area contributed by atoms with Gasteiger partial charge in [-0.3, -0.25) is 0 Å². The number of hydrogen-bond donors (Lipinski definition) is 3. The molecule has 1 aliphatic rings. The van der Waals surface area contributed by atoms with Gasteiger partial charge in [0.25, 0.3) is 0 Å². The van der Waals surface area contributed by atoms with Gasteiger partial charge < -0.3 is 16.0 Å². The third-order valence-corrected chi connectivity index (χ3v) is 3.98. The van der Waals surface area contributed by atoms with Crippen LogP contribution in [-0.2, 0) is 13.0 Å². The van der Waals surface area contributed by atoms with Crippen LogP contribution in [-0.4, -0.2) is 19.1 Å². The van der Waals surface area contributed by atoms with Gasteiger partial charge in [0, 0.05) is 19.1 Å². The summed E-state index contributed by atoms with van der Waals surface area (Å²) in [4.78, 5) is 11.9. The van der Waals surface area contributed by atoms with Gasteiger partial charge in [-0.05, 0) is 29.7 Å². The summed E-state index contributed by atoms with van der Waals surface area (Å²) in [6.45, 7) is 2.09. The van der Waals surface area contributed by atoms with E-state index in [1.165, 1.54) is 11.1 Å². The second kappa shape index (κ2) is 7.09. The van der Waals surface area contributed by atoms with Gasteiger partial charge in [-0.1, -0.05) is 54.6 Å². The Bertz CT molecular complexity index is 627. The maximum atomic E-state index is 11.9. The summed E-state index contributed by atoms with van der Waals surface area (Å²) in [6, 6.07) is 18.4. The number of amides is 2. The maximum absolute atomic E-state index is 11.9. The summed E-state index contributed by atoms with van der Waals surface area (Å²) < 4.78 is 0. The Morgan fingerprint density at radius 2 is 1.82 bits per heavy atom. The molecule has 4 nitrogen and oxygen atoms in total. The summed E-state index contributed by atoms with van der Waals surface area (Å²) in [5.74, 6) is 0. The van der Waals surface area contributed by atoms with Crippen LogP contribution in [0.25, 0.3) is 0 Å². The standard InChI is InChI=1S/C18H21N3O/c22-18(20-12-14-6-2-1-3-7-14)21-13-17-16-9-5-4-8-15(16)10-11-19-17/h1-9,17,19H,10-13H2,(H2,20,21,22). The number of rotatable bonds is 4. The molecule has 1 aliphatic heterocycles. The maximum Gasteiger partial charge on any atom is 0.315 e. The molecule has 0 saturated heterocycles. The zero-order valence-electron chi connectivity index (χ0n) is 12.5. The van der Waals surface area contributed by atoms with Crippen molar-refractivity contribution in [3.63, 3.8) is 0 Å². The molecule has 0 spiro atoms. The number of hydrogen-bond acceptors (Lipinski definition) is 2. The molecule has 2 aromatic rings. The topological polar surface area (TPSA) is 53.2 Å². The molecule has 1 heterocycles. The van der Waals surface area contributed by atoms with Crippen LogP contribution in [0.1, 0.15) is 22.7 Å². The van der Waals surface area contributed by atoms with E-state index in [4.69, 9.17) is 0 Å². The molecular formula is C18H21N3O. The molecule has 1 atom stereocenters. The Balaban J connectivity index is 1.50. The Labute approximate surface area is 130 Å². The van der Waals surface area contributed by atoms with Crippen LogP contribution in [0.15, 0.2) is 54.6 Å². The van der Waals surface area contributed by atoms with Crippen LogP contribution in [0.2, 0.25) is 0 Å². The number of fused-ring (bicyclic) bond motifs is 1. The summed E-state index contributed by atoms with van der Waals surface area (Å²) in [5.41, 5.74) is 3.76. The summed E-state index contributed by atoms with van der Waals surface area (Å²) in [7, 11) is 0. The molecule has 4 heteroatoms. The van der Waals surface area contributed by atoms with Crippen LogP contribution in [0.5, 0.6) is 0 Å². The summed E-state index contributed by atoms with van der Waals surface area (Å²) in [6.07, 6.45) is 1.05. The van der Waals surface area contributed by atoms with Crippen molar-refractivity contribution in [2.75, 3.05) is 13.1 Å². The average Bonchev–Trinajstić information content (AvgIpc) is 2.59. The van der Waals surface area contributed by atoms with Gasteiger partial charge in [0.15, 0.2) is 0 Å². The van der Waals surface area contributed by atoms with Crippen LogP contribution in [0.3, 0.4) is 0 Å². The minimum Gasteiger partial charge on any atom is -0.336 e. The molecule has 0 fully saturated rings.